The Morgan fingerprint density at radius 1 is 1.23 bits per heavy atom. The highest BCUT2D eigenvalue weighted by Gasteiger charge is 2.71. The van der Waals surface area contributed by atoms with Crippen LogP contribution in [0.3, 0.4) is 0 Å². The van der Waals surface area contributed by atoms with Crippen LogP contribution >= 0.6 is 0 Å². The summed E-state index contributed by atoms with van der Waals surface area (Å²) < 4.78 is 37.0. The monoisotopic (exact) mass is 489 g/mol. The lowest BCUT2D eigenvalue weighted by molar-refractivity contribution is -0.193. The van der Waals surface area contributed by atoms with E-state index in [0.29, 0.717) is 5.56 Å². The maximum absolute atomic E-state index is 16.5. The normalized spacial score (nSPS) is 26.4. The fraction of sp³-hybridized carbons (Fsp3) is 0.400. The van der Waals surface area contributed by atoms with Crippen molar-refractivity contribution in [1.82, 2.24) is 4.90 Å². The lowest BCUT2D eigenvalue weighted by atomic mass is 9.64. The largest absolute Gasteiger partial charge is 0.463 e. The highest BCUT2D eigenvalue weighted by molar-refractivity contribution is 6.04. The number of carbonyl (C=O) groups is 3. The van der Waals surface area contributed by atoms with Gasteiger partial charge >= 0.3 is 5.97 Å². The van der Waals surface area contributed by atoms with E-state index in [-0.39, 0.29) is 11.4 Å². The van der Waals surface area contributed by atoms with Gasteiger partial charge in [-0.15, -0.1) is 0 Å². The van der Waals surface area contributed by atoms with Gasteiger partial charge in [-0.2, -0.15) is 0 Å². The summed E-state index contributed by atoms with van der Waals surface area (Å²) in [7, 11) is 1.16. The lowest BCUT2D eigenvalue weighted by Crippen LogP contribution is -2.78. The number of ether oxygens (including phenoxy) is 1. The van der Waals surface area contributed by atoms with Gasteiger partial charge in [-0.1, -0.05) is 31.2 Å². The van der Waals surface area contributed by atoms with Gasteiger partial charge in [0.25, 0.3) is 0 Å². The summed E-state index contributed by atoms with van der Waals surface area (Å²) >= 11 is 0. The number of hydrogen-bond acceptors (Lipinski definition) is 6. The van der Waals surface area contributed by atoms with Crippen LogP contribution in [0.25, 0.3) is 0 Å². The van der Waals surface area contributed by atoms with E-state index >= 15 is 8.78 Å². The third kappa shape index (κ3) is 4.12. The van der Waals surface area contributed by atoms with Gasteiger partial charge in [0.15, 0.2) is 11.3 Å². The van der Waals surface area contributed by atoms with E-state index in [9.17, 15) is 14.4 Å². The van der Waals surface area contributed by atoms with Gasteiger partial charge in [-0.25, -0.2) is 8.78 Å². The number of esters is 1. The SMILES string of the molecule is Cc1ccc(N(c2ccccc2)C2(C(N)=O)C(C)C(=O)N(C)C(C)(F)C2C(=O)OCCO)c(F)c1. The van der Waals surface area contributed by atoms with Gasteiger partial charge < -0.3 is 25.4 Å². The van der Waals surface area contributed by atoms with Crippen molar-refractivity contribution in [2.45, 2.75) is 32.1 Å². The second-order valence-electron chi connectivity index (χ2n) is 8.78. The number of aliphatic hydroxyl groups excluding tert-OH is 1. The molecule has 1 aliphatic heterocycles. The Balaban J connectivity index is 2.46. The molecule has 0 spiro atoms. The quantitative estimate of drug-likeness (QED) is 0.456. The van der Waals surface area contributed by atoms with Gasteiger partial charge in [0.1, 0.15) is 18.3 Å². The van der Waals surface area contributed by atoms with Crippen LogP contribution in [0, 0.1) is 24.6 Å². The maximum Gasteiger partial charge on any atom is 0.317 e. The number of piperidine rings is 1. The topological polar surface area (TPSA) is 113 Å². The van der Waals surface area contributed by atoms with Crippen molar-refractivity contribution in [3.8, 4) is 0 Å². The number of aliphatic hydroxyl groups is 1. The fourth-order valence-electron chi connectivity index (χ4n) is 4.87. The van der Waals surface area contributed by atoms with E-state index in [1.165, 1.54) is 31.2 Å². The van der Waals surface area contributed by atoms with E-state index in [1.54, 1.807) is 31.2 Å². The molecule has 4 unspecified atom stereocenters. The second kappa shape index (κ2) is 9.61. The molecule has 0 bridgehead atoms. The number of aryl methyl sites for hydroxylation is 1. The molecule has 1 fully saturated rings. The first-order valence-corrected chi connectivity index (χ1v) is 11.1. The minimum absolute atomic E-state index is 0.180. The molecule has 8 nitrogen and oxygen atoms in total. The molecule has 0 saturated carbocycles. The number of amides is 2. The third-order valence-electron chi connectivity index (χ3n) is 6.68. The molecule has 2 aromatic carbocycles. The van der Waals surface area contributed by atoms with Crippen molar-refractivity contribution in [3.63, 3.8) is 0 Å². The van der Waals surface area contributed by atoms with Crippen LogP contribution in [0.1, 0.15) is 19.4 Å². The summed E-state index contributed by atoms with van der Waals surface area (Å²) in [5, 5.41) is 9.17. The van der Waals surface area contributed by atoms with Crippen molar-refractivity contribution >= 4 is 29.2 Å². The molecule has 1 saturated heterocycles. The summed E-state index contributed by atoms with van der Waals surface area (Å²) in [5.74, 6) is -10.2. The number of alkyl halides is 1. The summed E-state index contributed by atoms with van der Waals surface area (Å²) in [5.41, 5.74) is 4.12. The van der Waals surface area contributed by atoms with Crippen LogP contribution < -0.4 is 10.6 Å². The number of anilines is 2. The molecule has 0 aromatic heterocycles. The van der Waals surface area contributed by atoms with Crippen LogP contribution in [-0.2, 0) is 19.1 Å². The van der Waals surface area contributed by atoms with E-state index in [0.717, 1.165) is 23.8 Å². The zero-order chi connectivity index (χ0) is 26.1. The lowest BCUT2D eigenvalue weighted by Gasteiger charge is -2.57. The number of benzene rings is 2. The zero-order valence-electron chi connectivity index (χ0n) is 20.0. The predicted molar refractivity (Wildman–Crippen MR) is 125 cm³/mol. The molecule has 4 atom stereocenters. The Labute approximate surface area is 202 Å². The molecule has 35 heavy (non-hydrogen) atoms. The number of carbonyl (C=O) groups excluding carboxylic acids is 3. The van der Waals surface area contributed by atoms with Crippen LogP contribution in [0.15, 0.2) is 48.5 Å². The number of primary amides is 1. The third-order valence-corrected chi connectivity index (χ3v) is 6.68. The molecule has 2 amide bonds. The van der Waals surface area contributed by atoms with Gasteiger partial charge in [-0.05, 0) is 43.7 Å². The highest BCUT2D eigenvalue weighted by atomic mass is 19.1. The van der Waals surface area contributed by atoms with Gasteiger partial charge in [0, 0.05) is 12.7 Å². The van der Waals surface area contributed by atoms with Crippen LogP contribution in [0.2, 0.25) is 0 Å². The number of rotatable bonds is 7. The van der Waals surface area contributed by atoms with Crippen molar-refractivity contribution in [2.24, 2.45) is 17.6 Å². The molecular formula is C25H29F2N3O5. The maximum atomic E-state index is 16.5. The van der Waals surface area contributed by atoms with Crippen LogP contribution in [0.4, 0.5) is 20.2 Å². The zero-order valence-corrected chi connectivity index (χ0v) is 20.0. The average Bonchev–Trinajstić information content (AvgIpc) is 2.81. The standard InChI is InChI=1S/C25H29F2N3O5/c1-15-10-11-19(18(26)14-15)30(17-8-6-5-7-9-17)25(23(28)34)16(2)21(32)29(4)24(3,27)20(25)22(33)35-13-12-31/h5-11,14,16,20,31H,12-13H2,1-4H3,(H2,28,34). The fourth-order valence-corrected chi connectivity index (χ4v) is 4.87. The predicted octanol–water partition coefficient (Wildman–Crippen LogP) is 2.44. The Morgan fingerprint density at radius 3 is 2.40 bits per heavy atom. The Morgan fingerprint density at radius 2 is 1.86 bits per heavy atom. The molecule has 2 aromatic rings. The molecule has 0 radical (unpaired) electrons. The minimum atomic E-state index is -2.76. The van der Waals surface area contributed by atoms with Crippen molar-refractivity contribution in [2.75, 3.05) is 25.2 Å². The van der Waals surface area contributed by atoms with E-state index in [2.05, 4.69) is 0 Å². The first-order valence-electron chi connectivity index (χ1n) is 11.1. The van der Waals surface area contributed by atoms with Gasteiger partial charge in [0.2, 0.25) is 11.8 Å². The molecule has 10 heteroatoms. The summed E-state index contributed by atoms with van der Waals surface area (Å²) in [6.07, 6.45) is 0. The molecule has 3 rings (SSSR count). The summed E-state index contributed by atoms with van der Waals surface area (Å²) in [4.78, 5) is 42.0. The number of likely N-dealkylation sites (tertiary alicyclic amines) is 1. The molecule has 188 valence electrons. The molecule has 1 heterocycles. The highest BCUT2D eigenvalue weighted by Crippen LogP contribution is 2.52. The molecule has 1 aliphatic rings. The Kier molecular flexibility index (Phi) is 7.16. The van der Waals surface area contributed by atoms with Crippen molar-refractivity contribution in [3.05, 3.63) is 59.9 Å². The molecular weight excluding hydrogens is 460 g/mol. The van der Waals surface area contributed by atoms with Gasteiger partial charge in [-0.3, -0.25) is 14.4 Å². The number of nitrogens with two attached hydrogens (primary N) is 1. The smallest absolute Gasteiger partial charge is 0.317 e. The minimum Gasteiger partial charge on any atom is -0.463 e. The Bertz CT molecular complexity index is 1130. The van der Waals surface area contributed by atoms with Crippen molar-refractivity contribution < 1.29 is 33.0 Å². The molecule has 3 N–H and O–H groups in total. The molecule has 0 aliphatic carbocycles. The first-order chi connectivity index (χ1) is 16.4. The second-order valence-corrected chi connectivity index (χ2v) is 8.78. The van der Waals surface area contributed by atoms with Crippen LogP contribution in [-0.4, -0.2) is 59.4 Å². The summed E-state index contributed by atoms with van der Waals surface area (Å²) in [6.45, 7) is 2.95. The van der Waals surface area contributed by atoms with E-state index in [4.69, 9.17) is 15.6 Å². The number of halogens is 2. The Hall–Kier alpha value is -3.53. The van der Waals surface area contributed by atoms with Crippen LogP contribution in [0.5, 0.6) is 0 Å². The summed E-state index contributed by atoms with van der Waals surface area (Å²) in [6, 6.07) is 12.1. The van der Waals surface area contributed by atoms with Gasteiger partial charge in [0.05, 0.1) is 18.2 Å². The van der Waals surface area contributed by atoms with E-state index < -0.39 is 60.0 Å². The number of hydrogen-bond donors (Lipinski definition) is 2. The number of nitrogens with zero attached hydrogens (tertiary/aromatic N) is 2. The average molecular weight is 490 g/mol. The first kappa shape index (κ1) is 26.1. The number of para-hydroxylation sites is 1. The van der Waals surface area contributed by atoms with E-state index in [1.807, 2.05) is 0 Å². The van der Waals surface area contributed by atoms with Crippen molar-refractivity contribution in [1.29, 1.82) is 0 Å².